The molecule has 0 fully saturated rings. The van der Waals surface area contributed by atoms with Crippen LogP contribution in [0.15, 0.2) is 6.07 Å². The zero-order chi connectivity index (χ0) is 11.4. The van der Waals surface area contributed by atoms with Crippen LogP contribution in [0.5, 0.6) is 0 Å². The molecule has 0 saturated carbocycles. The van der Waals surface area contributed by atoms with E-state index in [0.29, 0.717) is 6.42 Å². The van der Waals surface area contributed by atoms with E-state index in [0.717, 1.165) is 18.5 Å². The molecule has 1 heterocycles. The van der Waals surface area contributed by atoms with Gasteiger partial charge in [0.25, 0.3) is 0 Å². The number of rotatable bonds is 5. The molecule has 0 aliphatic carbocycles. The quantitative estimate of drug-likeness (QED) is 0.803. The first-order chi connectivity index (χ1) is 7.04. The summed E-state index contributed by atoms with van der Waals surface area (Å²) < 4.78 is 1.84. The molecule has 0 saturated heterocycles. The molecule has 0 spiro atoms. The van der Waals surface area contributed by atoms with Crippen molar-refractivity contribution in [2.45, 2.75) is 33.1 Å². The minimum atomic E-state index is -0.766. The van der Waals surface area contributed by atoms with Crippen molar-refractivity contribution in [1.29, 1.82) is 0 Å². The Bertz CT molecular complexity index is 344. The summed E-state index contributed by atoms with van der Waals surface area (Å²) in [5.41, 5.74) is 2.04. The second kappa shape index (κ2) is 4.96. The summed E-state index contributed by atoms with van der Waals surface area (Å²) in [5, 5.41) is 13.1. The highest BCUT2D eigenvalue weighted by Gasteiger charge is 2.14. The monoisotopic (exact) mass is 210 g/mol. The lowest BCUT2D eigenvalue weighted by molar-refractivity contribution is -0.141. The van der Waals surface area contributed by atoms with Gasteiger partial charge in [0, 0.05) is 19.2 Å². The van der Waals surface area contributed by atoms with Gasteiger partial charge >= 0.3 is 5.97 Å². The molecule has 0 amide bonds. The van der Waals surface area contributed by atoms with Crippen LogP contribution < -0.4 is 0 Å². The zero-order valence-corrected chi connectivity index (χ0v) is 9.53. The number of aromatic nitrogens is 2. The van der Waals surface area contributed by atoms with Gasteiger partial charge in [0.1, 0.15) is 0 Å². The van der Waals surface area contributed by atoms with Crippen molar-refractivity contribution < 1.29 is 9.90 Å². The molecular weight excluding hydrogens is 192 g/mol. The minimum absolute atomic E-state index is 0.366. The predicted molar refractivity (Wildman–Crippen MR) is 57.7 cm³/mol. The summed E-state index contributed by atoms with van der Waals surface area (Å²) in [6, 6.07) is 2.00. The summed E-state index contributed by atoms with van der Waals surface area (Å²) in [4.78, 5) is 10.7. The number of hydrogen-bond donors (Lipinski definition) is 1. The van der Waals surface area contributed by atoms with E-state index in [1.54, 1.807) is 6.92 Å². The van der Waals surface area contributed by atoms with Crippen LogP contribution in [-0.2, 0) is 24.7 Å². The van der Waals surface area contributed by atoms with Crippen LogP contribution in [0.1, 0.15) is 31.7 Å². The van der Waals surface area contributed by atoms with Gasteiger partial charge in [-0.15, -0.1) is 0 Å². The van der Waals surface area contributed by atoms with Crippen LogP contribution >= 0.6 is 0 Å². The highest BCUT2D eigenvalue weighted by atomic mass is 16.4. The molecule has 1 aromatic heterocycles. The molecule has 4 nitrogen and oxygen atoms in total. The third-order valence-corrected chi connectivity index (χ3v) is 2.47. The van der Waals surface area contributed by atoms with Crippen LogP contribution in [0.2, 0.25) is 0 Å². The summed E-state index contributed by atoms with van der Waals surface area (Å²) in [7, 11) is 1.90. The van der Waals surface area contributed by atoms with E-state index in [4.69, 9.17) is 5.11 Å². The number of aliphatic carboxylic acids is 1. The van der Waals surface area contributed by atoms with Crippen molar-refractivity contribution in [3.05, 3.63) is 17.5 Å². The van der Waals surface area contributed by atoms with Crippen molar-refractivity contribution >= 4 is 5.97 Å². The average molecular weight is 210 g/mol. The molecule has 0 aromatic carbocycles. The van der Waals surface area contributed by atoms with E-state index in [2.05, 4.69) is 12.0 Å². The van der Waals surface area contributed by atoms with Gasteiger partial charge in [-0.3, -0.25) is 9.48 Å². The number of hydrogen-bond acceptors (Lipinski definition) is 2. The van der Waals surface area contributed by atoms with Gasteiger partial charge in [0.2, 0.25) is 0 Å². The number of aryl methyl sites for hydroxylation is 2. The van der Waals surface area contributed by atoms with E-state index in [9.17, 15) is 4.79 Å². The Balaban J connectivity index is 2.70. The highest BCUT2D eigenvalue weighted by Crippen LogP contribution is 2.10. The number of nitrogens with zero attached hydrogens (tertiary/aromatic N) is 2. The SMILES string of the molecule is CCCc1cc(CC(C)C(=O)O)nn1C. The fourth-order valence-corrected chi connectivity index (χ4v) is 1.56. The summed E-state index contributed by atoms with van der Waals surface area (Å²) in [5.74, 6) is -1.13. The first kappa shape index (κ1) is 11.8. The second-order valence-corrected chi connectivity index (χ2v) is 3.94. The Morgan fingerprint density at radius 1 is 1.67 bits per heavy atom. The lowest BCUT2D eigenvalue weighted by Crippen LogP contribution is -2.12. The predicted octanol–water partition coefficient (Wildman–Crippen LogP) is 1.64. The van der Waals surface area contributed by atoms with Crippen molar-refractivity contribution in [1.82, 2.24) is 9.78 Å². The topological polar surface area (TPSA) is 55.1 Å². The maximum atomic E-state index is 10.7. The Labute approximate surface area is 89.9 Å². The van der Waals surface area contributed by atoms with Crippen LogP contribution in [0.4, 0.5) is 0 Å². The number of carboxylic acid groups (broad SMARTS) is 1. The van der Waals surface area contributed by atoms with E-state index in [1.165, 1.54) is 5.69 Å². The molecule has 0 aliphatic heterocycles. The molecule has 84 valence electrons. The minimum Gasteiger partial charge on any atom is -0.481 e. The Morgan fingerprint density at radius 3 is 2.87 bits per heavy atom. The zero-order valence-electron chi connectivity index (χ0n) is 9.53. The molecular formula is C11H18N2O2. The summed E-state index contributed by atoms with van der Waals surface area (Å²) in [6.07, 6.45) is 2.57. The molecule has 0 aliphatic rings. The van der Waals surface area contributed by atoms with Gasteiger partial charge in [-0.2, -0.15) is 5.10 Å². The largest absolute Gasteiger partial charge is 0.481 e. The van der Waals surface area contributed by atoms with Crippen molar-refractivity contribution in [3.8, 4) is 0 Å². The summed E-state index contributed by atoms with van der Waals surface area (Å²) in [6.45, 7) is 3.82. The third-order valence-electron chi connectivity index (χ3n) is 2.47. The Hall–Kier alpha value is -1.32. The molecule has 15 heavy (non-hydrogen) atoms. The maximum absolute atomic E-state index is 10.7. The van der Waals surface area contributed by atoms with Crippen LogP contribution in [0.3, 0.4) is 0 Å². The van der Waals surface area contributed by atoms with Crippen LogP contribution in [0, 0.1) is 5.92 Å². The highest BCUT2D eigenvalue weighted by molar-refractivity contribution is 5.69. The van der Waals surface area contributed by atoms with Gasteiger partial charge in [0.15, 0.2) is 0 Å². The molecule has 4 heteroatoms. The van der Waals surface area contributed by atoms with Gasteiger partial charge < -0.3 is 5.11 Å². The van der Waals surface area contributed by atoms with E-state index >= 15 is 0 Å². The molecule has 1 rings (SSSR count). The number of carbonyl (C=O) groups is 1. The Kier molecular flexibility index (Phi) is 3.88. The van der Waals surface area contributed by atoms with Gasteiger partial charge in [0.05, 0.1) is 11.6 Å². The molecule has 0 bridgehead atoms. The third kappa shape index (κ3) is 3.08. The first-order valence-corrected chi connectivity index (χ1v) is 5.29. The van der Waals surface area contributed by atoms with E-state index in [1.807, 2.05) is 17.8 Å². The van der Waals surface area contributed by atoms with Crippen LogP contribution in [-0.4, -0.2) is 20.9 Å². The lowest BCUT2D eigenvalue weighted by atomic mass is 10.1. The van der Waals surface area contributed by atoms with Crippen molar-refractivity contribution in [2.24, 2.45) is 13.0 Å². The van der Waals surface area contributed by atoms with Gasteiger partial charge in [-0.25, -0.2) is 0 Å². The van der Waals surface area contributed by atoms with Gasteiger partial charge in [-0.05, 0) is 12.5 Å². The second-order valence-electron chi connectivity index (χ2n) is 3.94. The van der Waals surface area contributed by atoms with Gasteiger partial charge in [-0.1, -0.05) is 20.3 Å². The fourth-order valence-electron chi connectivity index (χ4n) is 1.56. The Morgan fingerprint density at radius 2 is 2.33 bits per heavy atom. The maximum Gasteiger partial charge on any atom is 0.306 e. The normalized spacial score (nSPS) is 12.7. The first-order valence-electron chi connectivity index (χ1n) is 5.29. The molecule has 1 atom stereocenters. The van der Waals surface area contributed by atoms with E-state index < -0.39 is 5.97 Å². The molecule has 1 aromatic rings. The fraction of sp³-hybridized carbons (Fsp3) is 0.636. The van der Waals surface area contributed by atoms with Crippen molar-refractivity contribution in [2.75, 3.05) is 0 Å². The average Bonchev–Trinajstić information content (AvgIpc) is 2.47. The van der Waals surface area contributed by atoms with Crippen molar-refractivity contribution in [3.63, 3.8) is 0 Å². The van der Waals surface area contributed by atoms with Crippen LogP contribution in [0.25, 0.3) is 0 Å². The molecule has 0 radical (unpaired) electrons. The van der Waals surface area contributed by atoms with E-state index in [-0.39, 0.29) is 5.92 Å². The number of carboxylic acids is 1. The molecule has 1 unspecified atom stereocenters. The summed E-state index contributed by atoms with van der Waals surface area (Å²) >= 11 is 0. The standard InChI is InChI=1S/C11H18N2O2/c1-4-5-10-7-9(12-13(10)3)6-8(2)11(14)15/h7-8H,4-6H2,1-3H3,(H,14,15). The molecule has 1 N–H and O–H groups in total. The smallest absolute Gasteiger partial charge is 0.306 e. The lowest BCUT2D eigenvalue weighted by Gasteiger charge is -2.01.